The molecule has 0 fully saturated rings. The van der Waals surface area contributed by atoms with Gasteiger partial charge in [-0.2, -0.15) is 0 Å². The van der Waals surface area contributed by atoms with Gasteiger partial charge in [-0.25, -0.2) is 0 Å². The summed E-state index contributed by atoms with van der Waals surface area (Å²) in [5.74, 6) is 1.18. The fraction of sp³-hybridized carbons (Fsp3) is 0.300. The van der Waals surface area contributed by atoms with E-state index in [1.54, 1.807) is 25.3 Å². The molecule has 82 valence electrons. The molecule has 1 atom stereocenters. The van der Waals surface area contributed by atoms with Crippen molar-refractivity contribution in [3.05, 3.63) is 23.8 Å². The van der Waals surface area contributed by atoms with Crippen molar-refractivity contribution in [1.29, 1.82) is 0 Å². The van der Waals surface area contributed by atoms with E-state index in [0.717, 1.165) is 5.56 Å². The summed E-state index contributed by atoms with van der Waals surface area (Å²) in [5.41, 5.74) is 0.729. The summed E-state index contributed by atoms with van der Waals surface area (Å²) in [7, 11) is 3.09. The molecule has 1 aromatic rings. The number of methoxy groups -OCH3 is 2. The third kappa shape index (κ3) is 2.86. The Balaban J connectivity index is 3.07. The summed E-state index contributed by atoms with van der Waals surface area (Å²) in [5, 5.41) is -0.470. The number of hydrogen-bond donors (Lipinski definition) is 0. The Labute approximate surface area is 101 Å². The molecule has 3 nitrogen and oxygen atoms in total. The van der Waals surface area contributed by atoms with Crippen LogP contribution in [-0.2, 0) is 4.79 Å². The van der Waals surface area contributed by atoms with Crippen molar-refractivity contribution >= 4 is 32.8 Å². The minimum absolute atomic E-state index is 0.470. The highest BCUT2D eigenvalue weighted by molar-refractivity contribution is 9.09. The summed E-state index contributed by atoms with van der Waals surface area (Å²) in [6, 6.07) is 5.18. The molecule has 0 aliphatic carbocycles. The van der Waals surface area contributed by atoms with Crippen molar-refractivity contribution < 1.29 is 14.3 Å². The third-order valence-corrected chi connectivity index (χ3v) is 3.33. The van der Waals surface area contributed by atoms with Crippen molar-refractivity contribution in [2.24, 2.45) is 0 Å². The van der Waals surface area contributed by atoms with Crippen molar-refractivity contribution in [2.75, 3.05) is 14.2 Å². The molecule has 0 aromatic heterocycles. The molecular weight excluding hydrogens is 283 g/mol. The molecule has 0 N–H and O–H groups in total. The van der Waals surface area contributed by atoms with E-state index in [1.165, 1.54) is 7.11 Å². The summed E-state index contributed by atoms with van der Waals surface area (Å²) in [4.78, 5) is 10.4. The van der Waals surface area contributed by atoms with Gasteiger partial charge in [0.05, 0.1) is 14.2 Å². The highest BCUT2D eigenvalue weighted by Gasteiger charge is 2.16. The molecule has 0 aliphatic heterocycles. The first-order valence-corrected chi connectivity index (χ1v) is 5.45. The molecule has 0 aliphatic rings. The lowest BCUT2D eigenvalue weighted by Gasteiger charge is -2.10. The zero-order valence-corrected chi connectivity index (χ0v) is 10.6. The van der Waals surface area contributed by atoms with Gasteiger partial charge in [0.1, 0.15) is 4.83 Å². The smallest absolute Gasteiger partial charge is 0.239 e. The van der Waals surface area contributed by atoms with Crippen molar-refractivity contribution in [3.8, 4) is 11.5 Å². The highest BCUT2D eigenvalue weighted by Crippen LogP contribution is 2.33. The zero-order valence-electron chi connectivity index (χ0n) is 8.29. The molecule has 0 saturated heterocycles. The number of rotatable bonds is 4. The maximum absolute atomic E-state index is 10.9. The van der Waals surface area contributed by atoms with Crippen molar-refractivity contribution in [3.63, 3.8) is 0 Å². The van der Waals surface area contributed by atoms with Gasteiger partial charge in [-0.1, -0.05) is 22.0 Å². The minimum Gasteiger partial charge on any atom is -0.493 e. The molecule has 0 spiro atoms. The zero-order chi connectivity index (χ0) is 11.4. The Bertz CT molecular complexity index is 368. The molecule has 15 heavy (non-hydrogen) atoms. The summed E-state index contributed by atoms with van der Waals surface area (Å²) < 4.78 is 10.2. The lowest BCUT2D eigenvalue weighted by Crippen LogP contribution is -1.99. The predicted molar refractivity (Wildman–Crippen MR) is 62.1 cm³/mol. The summed E-state index contributed by atoms with van der Waals surface area (Å²) in [6.07, 6.45) is 0. The van der Waals surface area contributed by atoms with Gasteiger partial charge in [0.15, 0.2) is 11.5 Å². The molecule has 0 heterocycles. The van der Waals surface area contributed by atoms with E-state index < -0.39 is 10.1 Å². The molecular formula is C10H10BrClO3. The van der Waals surface area contributed by atoms with Crippen LogP contribution < -0.4 is 9.47 Å². The van der Waals surface area contributed by atoms with E-state index in [0.29, 0.717) is 11.5 Å². The van der Waals surface area contributed by atoms with E-state index >= 15 is 0 Å². The van der Waals surface area contributed by atoms with Crippen LogP contribution in [0.15, 0.2) is 18.2 Å². The van der Waals surface area contributed by atoms with Crippen molar-refractivity contribution in [2.45, 2.75) is 4.83 Å². The summed E-state index contributed by atoms with van der Waals surface area (Å²) in [6.45, 7) is 0. The average Bonchev–Trinajstić information content (AvgIpc) is 2.26. The number of carbonyl (C=O) groups excluding carboxylic acids is 1. The molecule has 0 saturated carbocycles. The Morgan fingerprint density at radius 3 is 2.40 bits per heavy atom. The van der Waals surface area contributed by atoms with Gasteiger partial charge < -0.3 is 9.47 Å². The van der Waals surface area contributed by atoms with Crippen molar-refractivity contribution in [1.82, 2.24) is 0 Å². The van der Waals surface area contributed by atoms with Gasteiger partial charge in [-0.15, -0.1) is 0 Å². The lowest BCUT2D eigenvalue weighted by atomic mass is 10.1. The number of ether oxygens (including phenoxy) is 2. The van der Waals surface area contributed by atoms with Gasteiger partial charge in [-0.3, -0.25) is 4.79 Å². The maximum Gasteiger partial charge on any atom is 0.239 e. The molecule has 0 bridgehead atoms. The van der Waals surface area contributed by atoms with Crippen LogP contribution in [0.4, 0.5) is 0 Å². The second-order valence-electron chi connectivity index (χ2n) is 2.78. The first-order valence-electron chi connectivity index (χ1n) is 4.15. The largest absolute Gasteiger partial charge is 0.493 e. The van der Waals surface area contributed by atoms with Gasteiger partial charge in [0, 0.05) is 0 Å². The van der Waals surface area contributed by atoms with Crippen LogP contribution in [0.1, 0.15) is 10.4 Å². The van der Waals surface area contributed by atoms with Crippen LogP contribution in [-0.4, -0.2) is 19.5 Å². The predicted octanol–water partition coefficient (Wildman–Crippen LogP) is 2.91. The lowest BCUT2D eigenvalue weighted by molar-refractivity contribution is -0.111. The van der Waals surface area contributed by atoms with Crippen LogP contribution in [0.5, 0.6) is 11.5 Å². The van der Waals surface area contributed by atoms with E-state index in [4.69, 9.17) is 21.1 Å². The molecule has 1 aromatic carbocycles. The van der Waals surface area contributed by atoms with Crippen LogP contribution in [0.3, 0.4) is 0 Å². The SMILES string of the molecule is COc1ccc(C(Br)C(=O)Cl)cc1OC. The Morgan fingerprint density at radius 1 is 1.33 bits per heavy atom. The van der Waals surface area contributed by atoms with Gasteiger partial charge in [0.25, 0.3) is 0 Å². The van der Waals surface area contributed by atoms with Gasteiger partial charge in [-0.05, 0) is 29.3 Å². The van der Waals surface area contributed by atoms with Crippen LogP contribution in [0.25, 0.3) is 0 Å². The standard InChI is InChI=1S/C10H10BrClO3/c1-14-7-4-3-6(5-8(7)15-2)9(11)10(12)13/h3-5,9H,1-2H3. The maximum atomic E-state index is 10.9. The molecule has 5 heteroatoms. The molecule has 1 unspecified atom stereocenters. The Hall–Kier alpha value is -0.740. The quantitative estimate of drug-likeness (QED) is 0.632. The fourth-order valence-corrected chi connectivity index (χ4v) is 1.55. The molecule has 1 rings (SSSR count). The topological polar surface area (TPSA) is 35.5 Å². The first kappa shape index (κ1) is 12.3. The van der Waals surface area contributed by atoms with E-state index in [9.17, 15) is 4.79 Å². The second-order valence-corrected chi connectivity index (χ2v) is 4.07. The van der Waals surface area contributed by atoms with Gasteiger partial charge in [0.2, 0.25) is 5.24 Å². The molecule has 0 radical (unpaired) electrons. The minimum atomic E-state index is -0.529. The van der Waals surface area contributed by atoms with E-state index in [2.05, 4.69) is 15.9 Å². The number of carbonyl (C=O) groups is 1. The third-order valence-electron chi connectivity index (χ3n) is 1.90. The first-order chi connectivity index (χ1) is 7.10. The Morgan fingerprint density at radius 2 is 1.93 bits per heavy atom. The highest BCUT2D eigenvalue weighted by atomic mass is 79.9. The normalized spacial score (nSPS) is 12.0. The average molecular weight is 294 g/mol. The number of benzene rings is 1. The summed E-state index contributed by atoms with van der Waals surface area (Å²) >= 11 is 8.56. The van der Waals surface area contributed by atoms with Crippen LogP contribution in [0, 0.1) is 0 Å². The van der Waals surface area contributed by atoms with Crippen LogP contribution in [0.2, 0.25) is 0 Å². The monoisotopic (exact) mass is 292 g/mol. The number of alkyl halides is 1. The number of hydrogen-bond acceptors (Lipinski definition) is 3. The second kappa shape index (κ2) is 5.37. The van der Waals surface area contributed by atoms with E-state index in [-0.39, 0.29) is 0 Å². The van der Waals surface area contributed by atoms with Crippen LogP contribution >= 0.6 is 27.5 Å². The number of halogens is 2. The van der Waals surface area contributed by atoms with E-state index in [1.807, 2.05) is 0 Å². The fourth-order valence-electron chi connectivity index (χ4n) is 1.14. The Kier molecular flexibility index (Phi) is 4.42. The van der Waals surface area contributed by atoms with Gasteiger partial charge >= 0.3 is 0 Å². The molecule has 0 amide bonds.